The molecule has 44 heavy (non-hydrogen) atoms. The molecule has 3 heterocycles. The number of esters is 1. The van der Waals surface area contributed by atoms with Crippen LogP contribution >= 0.6 is 11.3 Å². The highest BCUT2D eigenvalue weighted by molar-refractivity contribution is 7.89. The third-order valence-electron chi connectivity index (χ3n) is 7.67. The highest BCUT2D eigenvalue weighted by Crippen LogP contribution is 2.29. The van der Waals surface area contributed by atoms with Gasteiger partial charge in [0.15, 0.2) is 5.01 Å². The molecule has 1 unspecified atom stereocenters. The maximum Gasteiger partial charge on any atom is 0.412 e. The Morgan fingerprint density at radius 2 is 1.86 bits per heavy atom. The number of benzene rings is 2. The van der Waals surface area contributed by atoms with Gasteiger partial charge in [-0.3, -0.25) is 20.3 Å². The van der Waals surface area contributed by atoms with Gasteiger partial charge in [-0.2, -0.15) is 4.31 Å². The number of sulfonamides is 1. The zero-order valence-corrected chi connectivity index (χ0v) is 26.3. The number of nitrogens with zero attached hydrogens (tertiary/aromatic N) is 4. The number of likely N-dealkylation sites (N-methyl/N-ethyl adjacent to an activating group) is 1. The van der Waals surface area contributed by atoms with Gasteiger partial charge in [-0.25, -0.2) is 18.2 Å². The van der Waals surface area contributed by atoms with Gasteiger partial charge >= 0.3 is 12.1 Å². The molecule has 0 radical (unpaired) electrons. The van der Waals surface area contributed by atoms with E-state index >= 15 is 0 Å². The minimum atomic E-state index is -3.99. The fourth-order valence-electron chi connectivity index (χ4n) is 5.35. The van der Waals surface area contributed by atoms with Crippen molar-refractivity contribution in [1.29, 1.82) is 5.41 Å². The summed E-state index contributed by atoms with van der Waals surface area (Å²) in [4.78, 5) is 47.1. The summed E-state index contributed by atoms with van der Waals surface area (Å²) in [6, 6.07) is 8.86. The minimum absolute atomic E-state index is 0.0502. The summed E-state index contributed by atoms with van der Waals surface area (Å²) in [5, 5.41) is 12.0. The van der Waals surface area contributed by atoms with Crippen molar-refractivity contribution < 1.29 is 32.3 Å². The summed E-state index contributed by atoms with van der Waals surface area (Å²) in [5.74, 6) is -0.976. The number of methoxy groups -OCH3 is 1. The Bertz CT molecular complexity index is 1720. The number of carbonyl (C=O) groups excluding carboxylic acids is 3. The Hall–Kier alpha value is -3.92. The Morgan fingerprint density at radius 1 is 1.11 bits per heavy atom. The number of rotatable bonds is 7. The lowest BCUT2D eigenvalue weighted by Crippen LogP contribution is -2.57. The van der Waals surface area contributed by atoms with E-state index in [1.54, 1.807) is 42.2 Å². The molecule has 234 valence electrons. The van der Waals surface area contributed by atoms with Gasteiger partial charge in [0.1, 0.15) is 5.84 Å². The first-order valence-corrected chi connectivity index (χ1v) is 16.4. The first-order valence-electron chi connectivity index (χ1n) is 14.1. The molecule has 2 amide bonds. The molecule has 1 saturated heterocycles. The van der Waals surface area contributed by atoms with E-state index in [1.807, 2.05) is 7.05 Å². The van der Waals surface area contributed by atoms with E-state index in [0.717, 1.165) is 30.1 Å². The third-order valence-corrected chi connectivity index (χ3v) is 10.6. The molecule has 0 bridgehead atoms. The highest BCUT2D eigenvalue weighted by Gasteiger charge is 2.39. The van der Waals surface area contributed by atoms with Crippen molar-refractivity contribution in [1.82, 2.24) is 24.4 Å². The molecular weight excluding hydrogens is 608 g/mol. The molecule has 2 aliphatic heterocycles. The van der Waals surface area contributed by atoms with Crippen LogP contribution in [0.5, 0.6) is 0 Å². The molecular formula is C29H34N6O7S2. The second kappa shape index (κ2) is 13.0. The summed E-state index contributed by atoms with van der Waals surface area (Å²) in [5.41, 5.74) is 1.34. The SMILES string of the molecule is CCOC(=O)CC1CN(S(=O)(=O)c2ccc3cc(C(=N)NC(=O)OC)ccc3c2)CCN1C(=O)c1nc2c(s1)CN(C)CC2. The van der Waals surface area contributed by atoms with Gasteiger partial charge in [-0.05, 0) is 42.9 Å². The van der Waals surface area contributed by atoms with Gasteiger partial charge in [-0.1, -0.05) is 18.2 Å². The van der Waals surface area contributed by atoms with E-state index in [-0.39, 0.29) is 49.3 Å². The quantitative estimate of drug-likeness (QED) is 0.224. The number of alkyl carbamates (subject to hydrolysis) is 1. The summed E-state index contributed by atoms with van der Waals surface area (Å²) in [6.45, 7) is 3.51. The van der Waals surface area contributed by atoms with Crippen molar-refractivity contribution in [3.05, 3.63) is 57.5 Å². The summed E-state index contributed by atoms with van der Waals surface area (Å²) in [6.07, 6.45) is -0.155. The highest BCUT2D eigenvalue weighted by atomic mass is 32.2. The van der Waals surface area contributed by atoms with E-state index in [9.17, 15) is 22.8 Å². The normalized spacial score (nSPS) is 17.6. The van der Waals surface area contributed by atoms with Crippen LogP contribution in [0.3, 0.4) is 0 Å². The van der Waals surface area contributed by atoms with Crippen molar-refractivity contribution >= 4 is 55.9 Å². The van der Waals surface area contributed by atoms with Crippen molar-refractivity contribution in [2.45, 2.75) is 37.2 Å². The minimum Gasteiger partial charge on any atom is -0.466 e. The fourth-order valence-corrected chi connectivity index (χ4v) is 8.00. The first-order chi connectivity index (χ1) is 21.0. The van der Waals surface area contributed by atoms with Crippen molar-refractivity contribution in [3.8, 4) is 0 Å². The second-order valence-electron chi connectivity index (χ2n) is 10.6. The lowest BCUT2D eigenvalue weighted by molar-refractivity contribution is -0.144. The largest absolute Gasteiger partial charge is 0.466 e. The Kier molecular flexibility index (Phi) is 9.29. The number of carbonyl (C=O) groups is 3. The number of amides is 2. The number of nitrogens with one attached hydrogen (secondary N) is 2. The maximum absolute atomic E-state index is 13.8. The average Bonchev–Trinajstić information content (AvgIpc) is 3.43. The van der Waals surface area contributed by atoms with Crippen LogP contribution in [0.25, 0.3) is 10.8 Å². The molecule has 0 aliphatic carbocycles. The summed E-state index contributed by atoms with van der Waals surface area (Å²) < 4.78 is 38.6. The van der Waals surface area contributed by atoms with Gasteiger partial charge in [0.05, 0.1) is 36.8 Å². The van der Waals surface area contributed by atoms with E-state index in [2.05, 4.69) is 19.9 Å². The molecule has 1 atom stereocenters. The van der Waals surface area contributed by atoms with Crippen LogP contribution in [-0.4, -0.2) is 104 Å². The molecule has 1 fully saturated rings. The Morgan fingerprint density at radius 3 is 2.61 bits per heavy atom. The topological polar surface area (TPSA) is 162 Å². The Balaban J connectivity index is 1.37. The molecule has 5 rings (SSSR count). The van der Waals surface area contributed by atoms with Crippen LogP contribution in [-0.2, 0) is 37.3 Å². The van der Waals surface area contributed by atoms with Crippen LogP contribution in [0.2, 0.25) is 0 Å². The molecule has 0 saturated carbocycles. The van der Waals surface area contributed by atoms with E-state index in [4.69, 9.17) is 10.1 Å². The first kappa shape index (κ1) is 31.5. The second-order valence-corrected chi connectivity index (χ2v) is 13.6. The van der Waals surface area contributed by atoms with Gasteiger partial charge in [0, 0.05) is 49.6 Å². The molecule has 1 aromatic heterocycles. The molecule has 13 nitrogen and oxygen atoms in total. The zero-order valence-electron chi connectivity index (χ0n) is 24.7. The van der Waals surface area contributed by atoms with Gasteiger partial charge in [-0.15, -0.1) is 11.3 Å². The molecule has 2 aromatic carbocycles. The fraction of sp³-hybridized carbons (Fsp3) is 0.414. The number of hydrogen-bond donors (Lipinski definition) is 2. The summed E-state index contributed by atoms with van der Waals surface area (Å²) in [7, 11) is -0.774. The number of hydrogen-bond acceptors (Lipinski definition) is 11. The van der Waals surface area contributed by atoms with Crippen molar-refractivity contribution in [3.63, 3.8) is 0 Å². The predicted molar refractivity (Wildman–Crippen MR) is 163 cm³/mol. The predicted octanol–water partition coefficient (Wildman–Crippen LogP) is 2.43. The number of amidine groups is 1. The third kappa shape index (κ3) is 6.60. The van der Waals surface area contributed by atoms with Crippen LogP contribution in [0.1, 0.15) is 39.3 Å². The number of fused-ring (bicyclic) bond motifs is 2. The van der Waals surface area contributed by atoms with Gasteiger partial charge in [0.25, 0.3) is 5.91 Å². The lowest BCUT2D eigenvalue weighted by atomic mass is 10.1. The maximum atomic E-state index is 13.8. The van der Waals surface area contributed by atoms with Crippen LogP contribution in [0, 0.1) is 5.41 Å². The molecule has 2 aliphatic rings. The van der Waals surface area contributed by atoms with E-state index in [1.165, 1.54) is 28.8 Å². The summed E-state index contributed by atoms with van der Waals surface area (Å²) >= 11 is 1.35. The van der Waals surface area contributed by atoms with E-state index < -0.39 is 28.1 Å². The molecule has 0 spiro atoms. The molecule has 3 aromatic rings. The number of thiazole rings is 1. The number of ether oxygens (including phenoxy) is 2. The lowest BCUT2D eigenvalue weighted by Gasteiger charge is -2.40. The average molecular weight is 643 g/mol. The van der Waals surface area contributed by atoms with Crippen LogP contribution in [0.15, 0.2) is 41.3 Å². The van der Waals surface area contributed by atoms with Crippen molar-refractivity contribution in [2.75, 3.05) is 46.9 Å². The monoisotopic (exact) mass is 642 g/mol. The number of aromatic nitrogens is 1. The van der Waals surface area contributed by atoms with Crippen LogP contribution in [0.4, 0.5) is 4.79 Å². The van der Waals surface area contributed by atoms with Gasteiger partial charge in [0.2, 0.25) is 10.0 Å². The number of piperazine rings is 1. The zero-order chi connectivity index (χ0) is 31.6. The van der Waals surface area contributed by atoms with Crippen LogP contribution < -0.4 is 5.32 Å². The smallest absolute Gasteiger partial charge is 0.412 e. The molecule has 2 N–H and O–H groups in total. The molecule has 15 heteroatoms. The van der Waals surface area contributed by atoms with Gasteiger partial charge < -0.3 is 19.3 Å². The Labute approximate surface area is 259 Å². The van der Waals surface area contributed by atoms with E-state index in [0.29, 0.717) is 21.3 Å². The van der Waals surface area contributed by atoms with Crippen molar-refractivity contribution in [2.24, 2.45) is 0 Å². The standard InChI is InChI=1S/C29H34N6O7S2/c1-4-42-25(36)15-21-16-34(11-12-35(21)28(37)27-31-23-9-10-33(2)17-24(23)43-27)44(39,40)22-8-7-18-13-20(6-5-19(18)14-22)26(30)32-29(38)41-3/h5-8,13-14,21H,4,9-12,15-17H2,1-3H3,(H2,30,32,38).